The van der Waals surface area contributed by atoms with Crippen LogP contribution in [0.2, 0.25) is 0 Å². The van der Waals surface area contributed by atoms with E-state index in [1.54, 1.807) is 11.3 Å². The van der Waals surface area contributed by atoms with Crippen molar-refractivity contribution in [2.75, 3.05) is 0 Å². The second-order valence-electron chi connectivity index (χ2n) is 15.0. The fourth-order valence-corrected chi connectivity index (χ4v) is 9.81. The number of aromatic nitrogens is 5. The summed E-state index contributed by atoms with van der Waals surface area (Å²) in [5.74, 6) is 1.86. The van der Waals surface area contributed by atoms with E-state index in [4.69, 9.17) is 19.9 Å². The molecule has 0 saturated carbocycles. The van der Waals surface area contributed by atoms with E-state index in [1.165, 1.54) is 47.5 Å². The molecule has 5 nitrogen and oxygen atoms in total. The molecular weight excluding hydrogens is 751 g/mol. The van der Waals surface area contributed by atoms with Crippen molar-refractivity contribution < 1.29 is 0 Å². The van der Waals surface area contributed by atoms with E-state index in [1.807, 2.05) is 30.3 Å². The van der Waals surface area contributed by atoms with Crippen molar-refractivity contribution in [3.63, 3.8) is 0 Å². The smallest absolute Gasteiger partial charge is 0.164 e. The summed E-state index contributed by atoms with van der Waals surface area (Å²) in [7, 11) is 0. The molecule has 12 rings (SSSR count). The molecule has 60 heavy (non-hydrogen) atoms. The molecule has 0 saturated heterocycles. The topological polar surface area (TPSA) is 56.5 Å². The van der Waals surface area contributed by atoms with Gasteiger partial charge < -0.3 is 4.57 Å². The molecular formula is C54H33N5S. The molecule has 0 aliphatic heterocycles. The zero-order chi connectivity index (χ0) is 39.6. The summed E-state index contributed by atoms with van der Waals surface area (Å²) in [5, 5.41) is 6.14. The van der Waals surface area contributed by atoms with Gasteiger partial charge in [0.25, 0.3) is 0 Å². The molecule has 6 heteroatoms. The van der Waals surface area contributed by atoms with Crippen LogP contribution in [-0.2, 0) is 0 Å². The molecule has 0 spiro atoms. The summed E-state index contributed by atoms with van der Waals surface area (Å²) in [6, 6.07) is 70.2. The molecule has 4 heterocycles. The van der Waals surface area contributed by atoms with E-state index in [0.717, 1.165) is 50.1 Å². The van der Waals surface area contributed by atoms with Gasteiger partial charge in [-0.05, 0) is 59.7 Å². The predicted molar refractivity (Wildman–Crippen MR) is 250 cm³/mol. The van der Waals surface area contributed by atoms with Crippen molar-refractivity contribution in [2.24, 2.45) is 0 Å². The second kappa shape index (κ2) is 13.9. The van der Waals surface area contributed by atoms with Crippen LogP contribution >= 0.6 is 11.3 Å². The normalized spacial score (nSPS) is 11.7. The Labute approximate surface area is 349 Å². The predicted octanol–water partition coefficient (Wildman–Crippen LogP) is 14.2. The SMILES string of the molecule is c1ccc(-c2ccc3c(c2)nc(-c2ccc(-c4nc(-c5ccccc5)nc(-c5ccc(-n6c7ccccc7c7ccccc76)cc5)n4)cc2)c2sc4ccccc4c23)cc1. The standard InChI is InChI=1S/C54H33N5S/c1-3-13-34(14-4-1)39-29-32-43-45(33-39)55-50(51-49(43)44-19-9-12-22-48(44)60-51)35-23-25-37(26-24-35)53-56-52(36-15-5-2-6-16-36)57-54(58-53)38-27-30-40(31-28-38)59-46-20-10-7-17-41(46)42-18-8-11-21-47(42)59/h1-33H. The molecule has 280 valence electrons. The van der Waals surface area contributed by atoms with Crippen LogP contribution in [0.25, 0.3) is 115 Å². The van der Waals surface area contributed by atoms with Crippen LogP contribution in [0.4, 0.5) is 0 Å². The summed E-state index contributed by atoms with van der Waals surface area (Å²) in [6.45, 7) is 0. The number of rotatable bonds is 6. The Bertz CT molecular complexity index is 3520. The number of fused-ring (bicyclic) bond motifs is 8. The fraction of sp³-hybridized carbons (Fsp3) is 0. The molecule has 0 bridgehead atoms. The Morgan fingerprint density at radius 1 is 0.350 bits per heavy atom. The van der Waals surface area contributed by atoms with Gasteiger partial charge in [0.05, 0.1) is 26.9 Å². The summed E-state index contributed by atoms with van der Waals surface area (Å²) in [6.07, 6.45) is 0. The minimum atomic E-state index is 0.614. The van der Waals surface area contributed by atoms with Gasteiger partial charge in [0.1, 0.15) is 0 Å². The first-order valence-corrected chi connectivity index (χ1v) is 20.9. The van der Waals surface area contributed by atoms with Crippen molar-refractivity contribution in [2.45, 2.75) is 0 Å². The van der Waals surface area contributed by atoms with Crippen LogP contribution in [-0.4, -0.2) is 24.5 Å². The van der Waals surface area contributed by atoms with Gasteiger partial charge in [-0.3, -0.25) is 0 Å². The van der Waals surface area contributed by atoms with E-state index in [0.29, 0.717) is 17.5 Å². The molecule has 0 atom stereocenters. The fourth-order valence-electron chi connectivity index (χ4n) is 8.58. The third kappa shape index (κ3) is 5.69. The Kier molecular flexibility index (Phi) is 7.96. The molecule has 8 aromatic carbocycles. The minimum absolute atomic E-state index is 0.614. The third-order valence-electron chi connectivity index (χ3n) is 11.5. The van der Waals surface area contributed by atoms with Gasteiger partial charge in [-0.25, -0.2) is 19.9 Å². The zero-order valence-corrected chi connectivity index (χ0v) is 33.0. The van der Waals surface area contributed by atoms with Crippen LogP contribution in [0.5, 0.6) is 0 Å². The number of thiophene rings is 1. The van der Waals surface area contributed by atoms with E-state index in [9.17, 15) is 0 Å². The maximum atomic E-state index is 5.39. The van der Waals surface area contributed by atoms with Gasteiger partial charge in [0, 0.05) is 59.6 Å². The first kappa shape index (κ1) is 34.3. The first-order valence-electron chi connectivity index (χ1n) is 20.1. The maximum Gasteiger partial charge on any atom is 0.164 e. The Balaban J connectivity index is 0.965. The highest BCUT2D eigenvalue weighted by atomic mass is 32.1. The van der Waals surface area contributed by atoms with Crippen LogP contribution in [0.15, 0.2) is 200 Å². The summed E-state index contributed by atoms with van der Waals surface area (Å²) in [5.41, 5.74) is 11.5. The lowest BCUT2D eigenvalue weighted by atomic mass is 9.99. The lowest BCUT2D eigenvalue weighted by molar-refractivity contribution is 1.07. The van der Waals surface area contributed by atoms with Gasteiger partial charge in [-0.2, -0.15) is 0 Å². The monoisotopic (exact) mass is 783 g/mol. The zero-order valence-electron chi connectivity index (χ0n) is 32.2. The average molecular weight is 784 g/mol. The maximum absolute atomic E-state index is 5.39. The lowest BCUT2D eigenvalue weighted by Gasteiger charge is -2.11. The Morgan fingerprint density at radius 3 is 1.47 bits per heavy atom. The van der Waals surface area contributed by atoms with E-state index >= 15 is 0 Å². The van der Waals surface area contributed by atoms with Gasteiger partial charge in [0.2, 0.25) is 0 Å². The number of hydrogen-bond donors (Lipinski definition) is 0. The Morgan fingerprint density at radius 2 is 0.833 bits per heavy atom. The van der Waals surface area contributed by atoms with Gasteiger partial charge in [-0.15, -0.1) is 11.3 Å². The molecule has 0 N–H and O–H groups in total. The number of pyridine rings is 1. The largest absolute Gasteiger partial charge is 0.309 e. The van der Waals surface area contributed by atoms with E-state index < -0.39 is 0 Å². The van der Waals surface area contributed by atoms with Crippen molar-refractivity contribution in [1.29, 1.82) is 0 Å². The number of benzene rings is 8. The van der Waals surface area contributed by atoms with Crippen LogP contribution in [0.3, 0.4) is 0 Å². The van der Waals surface area contributed by atoms with Crippen LogP contribution in [0, 0.1) is 0 Å². The number of nitrogens with zero attached hydrogens (tertiary/aromatic N) is 5. The highest BCUT2D eigenvalue weighted by Crippen LogP contribution is 2.43. The molecule has 0 fully saturated rings. The van der Waals surface area contributed by atoms with E-state index in [2.05, 4.69) is 174 Å². The van der Waals surface area contributed by atoms with Crippen molar-refractivity contribution >= 4 is 64.2 Å². The van der Waals surface area contributed by atoms with Gasteiger partial charge >= 0.3 is 0 Å². The lowest BCUT2D eigenvalue weighted by Crippen LogP contribution is -2.00. The number of hydrogen-bond acceptors (Lipinski definition) is 5. The molecule has 4 aromatic heterocycles. The molecule has 0 aliphatic rings. The van der Waals surface area contributed by atoms with Crippen LogP contribution in [0.1, 0.15) is 0 Å². The molecule has 12 aromatic rings. The summed E-state index contributed by atoms with van der Waals surface area (Å²) in [4.78, 5) is 20.6. The average Bonchev–Trinajstić information content (AvgIpc) is 3.88. The second-order valence-corrected chi connectivity index (χ2v) is 16.1. The minimum Gasteiger partial charge on any atom is -0.309 e. The highest BCUT2D eigenvalue weighted by Gasteiger charge is 2.19. The van der Waals surface area contributed by atoms with Gasteiger partial charge in [0.15, 0.2) is 17.5 Å². The van der Waals surface area contributed by atoms with Crippen molar-refractivity contribution in [3.8, 4) is 62.2 Å². The number of para-hydroxylation sites is 2. The molecule has 0 unspecified atom stereocenters. The molecule has 0 radical (unpaired) electrons. The highest BCUT2D eigenvalue weighted by molar-refractivity contribution is 7.26. The Hall–Kier alpha value is -7.80. The van der Waals surface area contributed by atoms with Gasteiger partial charge in [-0.1, -0.05) is 152 Å². The third-order valence-corrected chi connectivity index (χ3v) is 12.6. The first-order chi connectivity index (χ1) is 29.7. The summed E-state index contributed by atoms with van der Waals surface area (Å²) < 4.78 is 4.76. The quantitative estimate of drug-likeness (QED) is 0.169. The van der Waals surface area contributed by atoms with E-state index in [-0.39, 0.29) is 0 Å². The van der Waals surface area contributed by atoms with Crippen molar-refractivity contribution in [3.05, 3.63) is 200 Å². The molecule has 0 aliphatic carbocycles. The molecule has 0 amide bonds. The van der Waals surface area contributed by atoms with Crippen LogP contribution < -0.4 is 0 Å². The summed E-state index contributed by atoms with van der Waals surface area (Å²) >= 11 is 1.80. The van der Waals surface area contributed by atoms with Crippen molar-refractivity contribution in [1.82, 2.24) is 24.5 Å².